The van der Waals surface area contributed by atoms with Crippen LogP contribution < -0.4 is 11.1 Å². The quantitative estimate of drug-likeness (QED) is 0.744. The highest BCUT2D eigenvalue weighted by atomic mass is 35.5. The van der Waals surface area contributed by atoms with E-state index in [9.17, 15) is 4.79 Å². The number of carbonyl (C=O) groups excluding carboxylic acids is 1. The molecule has 146 valence electrons. The first-order chi connectivity index (χ1) is 11.4. The Kier molecular flexibility index (Phi) is 9.92. The van der Waals surface area contributed by atoms with Crippen molar-refractivity contribution in [2.24, 2.45) is 5.73 Å². The highest BCUT2D eigenvalue weighted by Gasteiger charge is 2.23. The molecule has 1 amide bonds. The Balaban J connectivity index is 0.00000312. The molecule has 0 aliphatic rings. The van der Waals surface area contributed by atoms with Gasteiger partial charge in [0, 0.05) is 29.7 Å². The summed E-state index contributed by atoms with van der Waals surface area (Å²) in [5.41, 5.74) is 9.61. The molecule has 2 aromatic rings. The van der Waals surface area contributed by atoms with Crippen LogP contribution in [0.4, 0.5) is 0 Å². The molecule has 0 bridgehead atoms. The number of amides is 1. The molecular weight excluding hydrogens is 371 g/mol. The van der Waals surface area contributed by atoms with E-state index in [4.69, 9.17) is 5.73 Å². The first kappa shape index (κ1) is 24.4. The Morgan fingerprint density at radius 3 is 2.42 bits per heavy atom. The summed E-state index contributed by atoms with van der Waals surface area (Å²) in [5, 5.41) is 2.99. The van der Waals surface area contributed by atoms with Crippen LogP contribution in [0.5, 0.6) is 0 Å². The zero-order valence-corrected chi connectivity index (χ0v) is 17.5. The molecule has 0 aromatic carbocycles. The molecule has 0 aliphatic carbocycles. The van der Waals surface area contributed by atoms with Crippen molar-refractivity contribution in [2.75, 3.05) is 6.54 Å². The van der Waals surface area contributed by atoms with Crippen molar-refractivity contribution in [3.8, 4) is 0 Å². The number of nitrogens with zero attached hydrogens (tertiary/aromatic N) is 2. The van der Waals surface area contributed by atoms with Gasteiger partial charge in [-0.3, -0.25) is 9.78 Å². The first-order valence-electron chi connectivity index (χ1n) is 8.54. The van der Waals surface area contributed by atoms with E-state index in [1.165, 1.54) is 0 Å². The van der Waals surface area contributed by atoms with E-state index in [0.29, 0.717) is 18.7 Å². The summed E-state index contributed by atoms with van der Waals surface area (Å²) in [5.74, 6) is -0.0629. The second-order valence-electron chi connectivity index (χ2n) is 6.44. The number of carbonyl (C=O) groups is 1. The second kappa shape index (κ2) is 10.6. The fraction of sp³-hybridized carbons (Fsp3) is 0.474. The topological polar surface area (TPSA) is 72.9 Å². The Labute approximate surface area is 168 Å². The maximum atomic E-state index is 12.6. The molecule has 0 saturated carbocycles. The molecule has 0 aliphatic heterocycles. The van der Waals surface area contributed by atoms with Crippen LogP contribution in [0.15, 0.2) is 30.5 Å². The fourth-order valence-corrected chi connectivity index (χ4v) is 2.78. The molecule has 26 heavy (non-hydrogen) atoms. The lowest BCUT2D eigenvalue weighted by atomic mass is 9.94. The summed E-state index contributed by atoms with van der Waals surface area (Å²) in [6, 6.07) is 7.80. The van der Waals surface area contributed by atoms with E-state index in [0.717, 1.165) is 29.9 Å². The van der Waals surface area contributed by atoms with Gasteiger partial charge in [0.1, 0.15) is 0 Å². The van der Waals surface area contributed by atoms with Crippen LogP contribution in [0.3, 0.4) is 0 Å². The van der Waals surface area contributed by atoms with Crippen molar-refractivity contribution >= 4 is 30.7 Å². The van der Waals surface area contributed by atoms with Crippen LogP contribution in [-0.4, -0.2) is 27.5 Å². The minimum atomic E-state index is -0.338. The summed E-state index contributed by atoms with van der Waals surface area (Å²) in [6.07, 6.45) is 3.46. The monoisotopic (exact) mass is 400 g/mol. The molecule has 0 spiro atoms. The number of aromatic nitrogens is 2. The van der Waals surface area contributed by atoms with Gasteiger partial charge in [0.05, 0.1) is 17.8 Å². The second-order valence-corrected chi connectivity index (χ2v) is 6.44. The highest BCUT2D eigenvalue weighted by molar-refractivity contribution is 5.95. The number of pyridine rings is 1. The van der Waals surface area contributed by atoms with Gasteiger partial charge in [0.25, 0.3) is 5.91 Å². The van der Waals surface area contributed by atoms with Gasteiger partial charge in [-0.2, -0.15) is 0 Å². The molecule has 2 heterocycles. The summed E-state index contributed by atoms with van der Waals surface area (Å²) in [6.45, 7) is 9.24. The number of aryl methyl sites for hydroxylation is 1. The summed E-state index contributed by atoms with van der Waals surface area (Å²) in [4.78, 5) is 16.9. The van der Waals surface area contributed by atoms with Crippen molar-refractivity contribution < 1.29 is 4.79 Å². The van der Waals surface area contributed by atoms with Crippen LogP contribution in [0.25, 0.3) is 0 Å². The van der Waals surface area contributed by atoms with Gasteiger partial charge in [-0.15, -0.1) is 24.8 Å². The maximum Gasteiger partial charge on any atom is 0.253 e. The number of hydrogen-bond acceptors (Lipinski definition) is 3. The predicted molar refractivity (Wildman–Crippen MR) is 112 cm³/mol. The van der Waals surface area contributed by atoms with Crippen molar-refractivity contribution in [3.63, 3.8) is 0 Å². The number of nitrogens with two attached hydrogens (primary N) is 1. The molecule has 2 aromatic heterocycles. The molecule has 7 heteroatoms. The molecule has 5 nitrogen and oxygen atoms in total. The fourth-order valence-electron chi connectivity index (χ4n) is 2.78. The molecule has 0 atom stereocenters. The Hall–Kier alpha value is -1.56. The average Bonchev–Trinajstić information content (AvgIpc) is 2.88. The zero-order valence-electron chi connectivity index (χ0n) is 15.9. The number of hydrogen-bond donors (Lipinski definition) is 2. The van der Waals surface area contributed by atoms with Gasteiger partial charge in [0.2, 0.25) is 0 Å². The van der Waals surface area contributed by atoms with Crippen LogP contribution in [0, 0.1) is 13.8 Å². The predicted octanol–water partition coefficient (Wildman–Crippen LogP) is 3.64. The first-order valence-corrected chi connectivity index (χ1v) is 8.54. The van der Waals surface area contributed by atoms with E-state index in [1.54, 1.807) is 6.20 Å². The third-order valence-corrected chi connectivity index (χ3v) is 4.87. The van der Waals surface area contributed by atoms with Crippen molar-refractivity contribution in [1.29, 1.82) is 0 Å². The third kappa shape index (κ3) is 5.73. The van der Waals surface area contributed by atoms with Gasteiger partial charge < -0.3 is 15.6 Å². The van der Waals surface area contributed by atoms with E-state index < -0.39 is 0 Å². The van der Waals surface area contributed by atoms with E-state index in [1.807, 2.05) is 52.0 Å². The van der Waals surface area contributed by atoms with Crippen molar-refractivity contribution in [1.82, 2.24) is 14.9 Å². The summed E-state index contributed by atoms with van der Waals surface area (Å²) < 4.78 is 2.12. The summed E-state index contributed by atoms with van der Waals surface area (Å²) in [7, 11) is 0. The van der Waals surface area contributed by atoms with Gasteiger partial charge in [-0.1, -0.05) is 19.9 Å². The minimum absolute atomic E-state index is 0. The lowest BCUT2D eigenvalue weighted by Crippen LogP contribution is -2.49. The number of rotatable bonds is 7. The van der Waals surface area contributed by atoms with Gasteiger partial charge >= 0.3 is 0 Å². The van der Waals surface area contributed by atoms with Gasteiger partial charge in [0.15, 0.2) is 0 Å². The van der Waals surface area contributed by atoms with E-state index in [-0.39, 0.29) is 36.3 Å². The zero-order chi connectivity index (χ0) is 17.7. The highest BCUT2D eigenvalue weighted by Crippen LogP contribution is 2.17. The lowest BCUT2D eigenvalue weighted by Gasteiger charge is -2.26. The maximum absolute atomic E-state index is 12.6. The molecule has 0 radical (unpaired) electrons. The molecule has 2 rings (SSSR count). The molecule has 0 saturated heterocycles. The summed E-state index contributed by atoms with van der Waals surface area (Å²) >= 11 is 0. The minimum Gasteiger partial charge on any atom is -0.350 e. The van der Waals surface area contributed by atoms with Crippen molar-refractivity contribution in [3.05, 3.63) is 53.1 Å². The van der Waals surface area contributed by atoms with Crippen LogP contribution in [0.2, 0.25) is 0 Å². The normalized spacial score (nSPS) is 10.7. The van der Waals surface area contributed by atoms with Gasteiger partial charge in [-0.05, 0) is 44.9 Å². The van der Waals surface area contributed by atoms with Crippen LogP contribution >= 0.6 is 24.8 Å². The van der Waals surface area contributed by atoms with E-state index in [2.05, 4.69) is 14.9 Å². The average molecular weight is 401 g/mol. The van der Waals surface area contributed by atoms with Crippen LogP contribution in [0.1, 0.15) is 54.1 Å². The number of halogens is 2. The van der Waals surface area contributed by atoms with Gasteiger partial charge in [-0.25, -0.2) is 0 Å². The number of nitrogens with one attached hydrogen (secondary N) is 1. The Morgan fingerprint density at radius 2 is 1.88 bits per heavy atom. The molecule has 0 fully saturated rings. The van der Waals surface area contributed by atoms with Crippen LogP contribution in [-0.2, 0) is 6.54 Å². The SMILES string of the molecule is CCC(N)(CC)CNC(=O)c1cc(C)n(Cc2ccccn2)c1C.Cl.Cl. The van der Waals surface area contributed by atoms with Crippen molar-refractivity contribution in [2.45, 2.75) is 52.6 Å². The lowest BCUT2D eigenvalue weighted by molar-refractivity contribution is 0.0941. The smallest absolute Gasteiger partial charge is 0.253 e. The Morgan fingerprint density at radius 1 is 1.23 bits per heavy atom. The standard InChI is InChI=1S/C19H28N4O.2ClH/c1-5-19(20,6-2)13-22-18(24)17-11-14(3)23(15(17)4)12-16-9-7-8-10-21-16;;/h7-11H,5-6,12-13,20H2,1-4H3,(H,22,24);2*1H. The molecular formula is C19H30Cl2N4O. The third-order valence-electron chi connectivity index (χ3n) is 4.87. The molecule has 0 unspecified atom stereocenters. The largest absolute Gasteiger partial charge is 0.350 e. The molecule has 3 N–H and O–H groups in total. The van der Waals surface area contributed by atoms with E-state index >= 15 is 0 Å². The Bertz CT molecular complexity index is 697.